The van der Waals surface area contributed by atoms with Crippen molar-refractivity contribution < 1.29 is 14.3 Å². The number of carbonyl (C=O) groups is 2. The zero-order chi connectivity index (χ0) is 19.3. The lowest BCUT2D eigenvalue weighted by atomic mass is 9.65. The smallest absolute Gasteiger partial charge is 0.254 e. The zero-order valence-electron chi connectivity index (χ0n) is 16.6. The number of rotatable bonds is 7. The maximum atomic E-state index is 13.4. The number of fused-ring (bicyclic) bond motifs is 1. The number of benzene rings is 1. The minimum Gasteiger partial charge on any atom is -0.383 e. The Morgan fingerprint density at radius 3 is 2.70 bits per heavy atom. The van der Waals surface area contributed by atoms with E-state index in [0.29, 0.717) is 25.3 Å². The van der Waals surface area contributed by atoms with E-state index in [-0.39, 0.29) is 17.7 Å². The minimum atomic E-state index is -0.432. The molecule has 1 aliphatic carbocycles. The predicted molar refractivity (Wildman–Crippen MR) is 106 cm³/mol. The molecule has 1 fully saturated rings. The molecule has 1 atom stereocenters. The van der Waals surface area contributed by atoms with Crippen molar-refractivity contribution in [1.29, 1.82) is 0 Å². The molecule has 1 N–H and O–H groups in total. The zero-order valence-corrected chi connectivity index (χ0v) is 16.6. The molecule has 27 heavy (non-hydrogen) atoms. The second-order valence-corrected chi connectivity index (χ2v) is 7.78. The number of nitrogens with one attached hydrogen (secondary N) is 1. The number of amides is 2. The van der Waals surface area contributed by atoms with Gasteiger partial charge in [-0.3, -0.25) is 9.59 Å². The minimum absolute atomic E-state index is 0.0437. The highest BCUT2D eigenvalue weighted by atomic mass is 16.5. The summed E-state index contributed by atoms with van der Waals surface area (Å²) in [5.41, 5.74) is 1.13. The Morgan fingerprint density at radius 2 is 2.00 bits per heavy atom. The third-order valence-corrected chi connectivity index (χ3v) is 6.15. The summed E-state index contributed by atoms with van der Waals surface area (Å²) < 4.78 is 5.30. The van der Waals surface area contributed by atoms with Crippen LogP contribution in [0, 0.1) is 0 Å². The molecule has 0 saturated heterocycles. The lowest BCUT2D eigenvalue weighted by molar-refractivity contribution is -0.127. The number of unbranched alkanes of at least 4 members (excludes halogenated alkanes) is 1. The van der Waals surface area contributed by atoms with E-state index in [0.717, 1.165) is 44.1 Å². The Balaban J connectivity index is 2.05. The average Bonchev–Trinajstić information content (AvgIpc) is 2.69. The highest BCUT2D eigenvalue weighted by Crippen LogP contribution is 2.49. The normalized spacial score (nSPS) is 21.2. The van der Waals surface area contributed by atoms with Gasteiger partial charge in [-0.25, -0.2) is 0 Å². The first-order chi connectivity index (χ1) is 13.2. The van der Waals surface area contributed by atoms with Gasteiger partial charge in [0.15, 0.2) is 0 Å². The van der Waals surface area contributed by atoms with Crippen molar-refractivity contribution in [2.24, 2.45) is 0 Å². The van der Waals surface area contributed by atoms with Crippen molar-refractivity contribution in [1.82, 2.24) is 10.2 Å². The van der Waals surface area contributed by atoms with Crippen LogP contribution in [0.4, 0.5) is 0 Å². The molecule has 5 heteroatoms. The summed E-state index contributed by atoms with van der Waals surface area (Å²) >= 11 is 0. The maximum absolute atomic E-state index is 13.4. The van der Waals surface area contributed by atoms with Crippen LogP contribution >= 0.6 is 0 Å². The standard InChI is InChI=1S/C22H32N2O3/c1-3-4-14-23-20(25)19-17-10-6-7-11-18(17)21(26)24(15-16-27-2)22(19)12-8-5-9-13-22/h6-7,10-11,19H,3-5,8-9,12-16H2,1-2H3,(H,23,25). The predicted octanol–water partition coefficient (Wildman–Crippen LogP) is 3.49. The quantitative estimate of drug-likeness (QED) is 0.746. The molecular weight excluding hydrogens is 340 g/mol. The highest BCUT2D eigenvalue weighted by Gasteiger charge is 2.54. The summed E-state index contributed by atoms with van der Waals surface area (Å²) in [5.74, 6) is -0.199. The van der Waals surface area contributed by atoms with Crippen molar-refractivity contribution >= 4 is 11.8 Å². The van der Waals surface area contributed by atoms with Gasteiger partial charge in [0.1, 0.15) is 0 Å². The van der Waals surface area contributed by atoms with Gasteiger partial charge in [0, 0.05) is 25.8 Å². The monoisotopic (exact) mass is 372 g/mol. The third kappa shape index (κ3) is 3.75. The van der Waals surface area contributed by atoms with Gasteiger partial charge >= 0.3 is 0 Å². The molecule has 1 aromatic carbocycles. The van der Waals surface area contributed by atoms with Crippen LogP contribution in [-0.2, 0) is 9.53 Å². The van der Waals surface area contributed by atoms with Crippen LogP contribution in [0.5, 0.6) is 0 Å². The molecule has 0 bridgehead atoms. The Kier molecular flexibility index (Phi) is 6.53. The number of nitrogens with zero attached hydrogens (tertiary/aromatic N) is 1. The van der Waals surface area contributed by atoms with E-state index in [1.807, 2.05) is 29.2 Å². The van der Waals surface area contributed by atoms with Crippen LogP contribution in [0.3, 0.4) is 0 Å². The summed E-state index contributed by atoms with van der Waals surface area (Å²) in [6, 6.07) is 7.66. The topological polar surface area (TPSA) is 58.6 Å². The second-order valence-electron chi connectivity index (χ2n) is 7.78. The highest BCUT2D eigenvalue weighted by molar-refractivity contribution is 6.02. The number of methoxy groups -OCH3 is 1. The molecule has 0 radical (unpaired) electrons. The van der Waals surface area contributed by atoms with Crippen molar-refractivity contribution in [2.45, 2.75) is 63.3 Å². The van der Waals surface area contributed by atoms with Crippen molar-refractivity contribution in [3.63, 3.8) is 0 Å². The van der Waals surface area contributed by atoms with Gasteiger partial charge < -0.3 is 15.0 Å². The van der Waals surface area contributed by atoms with Gasteiger partial charge in [-0.15, -0.1) is 0 Å². The molecule has 0 aromatic heterocycles. The largest absolute Gasteiger partial charge is 0.383 e. The van der Waals surface area contributed by atoms with Crippen LogP contribution in [-0.4, -0.2) is 49.1 Å². The van der Waals surface area contributed by atoms with Crippen molar-refractivity contribution in [3.8, 4) is 0 Å². The van der Waals surface area contributed by atoms with Crippen LogP contribution in [0.1, 0.15) is 73.7 Å². The molecule has 1 heterocycles. The molecule has 1 spiro atoms. The first-order valence-electron chi connectivity index (χ1n) is 10.3. The van der Waals surface area contributed by atoms with Crippen LogP contribution in [0.25, 0.3) is 0 Å². The summed E-state index contributed by atoms with van der Waals surface area (Å²) in [6.07, 6.45) is 7.05. The first kappa shape index (κ1) is 19.9. The van der Waals surface area contributed by atoms with E-state index in [2.05, 4.69) is 12.2 Å². The van der Waals surface area contributed by atoms with E-state index in [1.165, 1.54) is 6.42 Å². The van der Waals surface area contributed by atoms with Crippen molar-refractivity contribution in [2.75, 3.05) is 26.8 Å². The maximum Gasteiger partial charge on any atom is 0.254 e. The SMILES string of the molecule is CCCCNC(=O)C1c2ccccc2C(=O)N(CCOC)C12CCCCC2. The van der Waals surface area contributed by atoms with Gasteiger partial charge in [-0.05, 0) is 30.9 Å². The van der Waals surface area contributed by atoms with E-state index in [4.69, 9.17) is 4.74 Å². The van der Waals surface area contributed by atoms with Gasteiger partial charge in [0.05, 0.1) is 18.1 Å². The van der Waals surface area contributed by atoms with Gasteiger partial charge in [0.2, 0.25) is 5.91 Å². The molecule has 1 aliphatic heterocycles. The second kappa shape index (κ2) is 8.87. The molecule has 2 amide bonds. The lowest BCUT2D eigenvalue weighted by Crippen LogP contribution is -2.63. The fourth-order valence-corrected chi connectivity index (χ4v) is 4.84. The third-order valence-electron chi connectivity index (χ3n) is 6.15. The van der Waals surface area contributed by atoms with Gasteiger partial charge in [-0.1, -0.05) is 50.8 Å². The van der Waals surface area contributed by atoms with Gasteiger partial charge in [-0.2, -0.15) is 0 Å². The molecule has 148 valence electrons. The molecule has 1 saturated carbocycles. The Hall–Kier alpha value is -1.88. The number of carbonyl (C=O) groups excluding carboxylic acids is 2. The van der Waals surface area contributed by atoms with E-state index in [9.17, 15) is 9.59 Å². The number of ether oxygens (including phenoxy) is 1. The number of hydrogen-bond acceptors (Lipinski definition) is 3. The molecule has 1 unspecified atom stereocenters. The summed E-state index contributed by atoms with van der Waals surface area (Å²) in [7, 11) is 1.66. The first-order valence-corrected chi connectivity index (χ1v) is 10.3. The number of hydrogen-bond donors (Lipinski definition) is 1. The molecule has 2 aliphatic rings. The van der Waals surface area contributed by atoms with Crippen molar-refractivity contribution in [3.05, 3.63) is 35.4 Å². The van der Waals surface area contributed by atoms with E-state index < -0.39 is 5.54 Å². The molecule has 3 rings (SSSR count). The summed E-state index contributed by atoms with van der Waals surface area (Å²) in [5, 5.41) is 3.15. The van der Waals surface area contributed by atoms with Crippen LogP contribution in [0.2, 0.25) is 0 Å². The summed E-state index contributed by atoms with van der Waals surface area (Å²) in [4.78, 5) is 28.7. The lowest BCUT2D eigenvalue weighted by Gasteiger charge is -2.53. The average molecular weight is 373 g/mol. The Bertz CT molecular complexity index is 667. The van der Waals surface area contributed by atoms with Crippen LogP contribution < -0.4 is 5.32 Å². The van der Waals surface area contributed by atoms with E-state index >= 15 is 0 Å². The molecule has 1 aromatic rings. The van der Waals surface area contributed by atoms with E-state index in [1.54, 1.807) is 7.11 Å². The fraction of sp³-hybridized carbons (Fsp3) is 0.636. The fourth-order valence-electron chi connectivity index (χ4n) is 4.84. The Labute approximate surface area is 162 Å². The summed E-state index contributed by atoms with van der Waals surface area (Å²) in [6.45, 7) is 3.83. The van der Waals surface area contributed by atoms with Crippen LogP contribution in [0.15, 0.2) is 24.3 Å². The Morgan fingerprint density at radius 1 is 1.26 bits per heavy atom. The molecule has 5 nitrogen and oxygen atoms in total. The van der Waals surface area contributed by atoms with Gasteiger partial charge in [0.25, 0.3) is 5.91 Å². The molecular formula is C22H32N2O3.